The van der Waals surface area contributed by atoms with E-state index in [9.17, 15) is 0 Å². The van der Waals surface area contributed by atoms with E-state index < -0.39 is 0 Å². The van der Waals surface area contributed by atoms with Crippen molar-refractivity contribution in [3.05, 3.63) is 0 Å². The summed E-state index contributed by atoms with van der Waals surface area (Å²) in [5.41, 5.74) is 0.629. The number of nitrogens with zero attached hydrogens (tertiary/aromatic N) is 1. The zero-order chi connectivity index (χ0) is 7.78. The molecule has 0 aromatic rings. The van der Waals surface area contributed by atoms with Gasteiger partial charge in [0.05, 0.1) is 0 Å². The minimum absolute atomic E-state index is 0.629. The van der Waals surface area contributed by atoms with Crippen molar-refractivity contribution in [2.24, 2.45) is 11.3 Å². The second-order valence-corrected chi connectivity index (χ2v) is 4.49. The summed E-state index contributed by atoms with van der Waals surface area (Å²) in [6.45, 7) is 6.03. The molecule has 0 heterocycles. The zero-order valence-electron chi connectivity index (χ0n) is 7.65. The number of rotatable bonds is 2. The van der Waals surface area contributed by atoms with E-state index >= 15 is 0 Å². The molecule has 1 rings (SSSR count). The van der Waals surface area contributed by atoms with Gasteiger partial charge in [0.25, 0.3) is 0 Å². The molecular formula is C9H19N. The molecule has 1 fully saturated rings. The van der Waals surface area contributed by atoms with Gasteiger partial charge in [-0.2, -0.15) is 0 Å². The molecule has 0 radical (unpaired) electrons. The maximum Gasteiger partial charge on any atom is 0.000866 e. The second kappa shape index (κ2) is 2.54. The van der Waals surface area contributed by atoms with Crippen LogP contribution in [0.3, 0.4) is 0 Å². The minimum Gasteiger partial charge on any atom is -0.309 e. The van der Waals surface area contributed by atoms with Crippen LogP contribution >= 0.6 is 0 Å². The standard InChI is InChI=1S/C9H19N/c1-9(2)6-5-8(9)7-10(3)4/h8H,5-7H2,1-4H3. The molecule has 0 amide bonds. The molecule has 1 unspecified atom stereocenters. The molecule has 10 heavy (non-hydrogen) atoms. The molecule has 0 aromatic carbocycles. The summed E-state index contributed by atoms with van der Waals surface area (Å²) in [6, 6.07) is 0. The molecule has 1 saturated carbocycles. The average Bonchev–Trinajstić information content (AvgIpc) is 1.81. The van der Waals surface area contributed by atoms with Gasteiger partial charge in [0, 0.05) is 6.54 Å². The van der Waals surface area contributed by atoms with Crippen LogP contribution in [0.2, 0.25) is 0 Å². The van der Waals surface area contributed by atoms with Crippen molar-refractivity contribution in [2.75, 3.05) is 20.6 Å². The van der Waals surface area contributed by atoms with Crippen molar-refractivity contribution in [3.8, 4) is 0 Å². The highest BCUT2D eigenvalue weighted by Gasteiger charge is 2.37. The maximum atomic E-state index is 2.38. The van der Waals surface area contributed by atoms with Gasteiger partial charge in [-0.25, -0.2) is 0 Å². The third-order valence-electron chi connectivity index (χ3n) is 2.83. The van der Waals surface area contributed by atoms with Crippen LogP contribution in [0.25, 0.3) is 0 Å². The van der Waals surface area contributed by atoms with Crippen LogP contribution in [0.5, 0.6) is 0 Å². The SMILES string of the molecule is CN(C)CC1CCC1(C)C. The molecule has 1 aliphatic carbocycles. The summed E-state index contributed by atoms with van der Waals surface area (Å²) in [7, 11) is 4.32. The Morgan fingerprint density at radius 3 is 2.10 bits per heavy atom. The molecular weight excluding hydrogens is 122 g/mol. The first-order valence-corrected chi connectivity index (χ1v) is 4.17. The van der Waals surface area contributed by atoms with Crippen LogP contribution in [0.4, 0.5) is 0 Å². The Bertz CT molecular complexity index is 116. The van der Waals surface area contributed by atoms with E-state index in [1.165, 1.54) is 19.4 Å². The average molecular weight is 141 g/mol. The largest absolute Gasteiger partial charge is 0.309 e. The molecule has 0 N–H and O–H groups in total. The van der Waals surface area contributed by atoms with Crippen LogP contribution < -0.4 is 0 Å². The molecule has 0 aliphatic heterocycles. The quantitative estimate of drug-likeness (QED) is 0.568. The molecule has 1 heteroatoms. The van der Waals surface area contributed by atoms with Gasteiger partial charge in [-0.1, -0.05) is 13.8 Å². The van der Waals surface area contributed by atoms with Crippen LogP contribution in [0, 0.1) is 11.3 Å². The minimum atomic E-state index is 0.629. The lowest BCUT2D eigenvalue weighted by molar-refractivity contribution is 0.0490. The molecule has 1 aliphatic rings. The monoisotopic (exact) mass is 141 g/mol. The summed E-state index contributed by atoms with van der Waals surface area (Å²) in [5.74, 6) is 0.947. The van der Waals surface area contributed by atoms with Gasteiger partial charge in [-0.15, -0.1) is 0 Å². The molecule has 0 saturated heterocycles. The summed E-state index contributed by atoms with van der Waals surface area (Å²) in [5, 5.41) is 0. The first-order valence-electron chi connectivity index (χ1n) is 4.17. The number of hydrogen-bond acceptors (Lipinski definition) is 1. The lowest BCUT2D eigenvalue weighted by Crippen LogP contribution is -2.40. The summed E-state index contributed by atoms with van der Waals surface area (Å²) >= 11 is 0. The summed E-state index contributed by atoms with van der Waals surface area (Å²) in [6.07, 6.45) is 2.86. The van der Waals surface area contributed by atoms with E-state index in [1.807, 2.05) is 0 Å². The van der Waals surface area contributed by atoms with Crippen LogP contribution in [0.1, 0.15) is 26.7 Å². The van der Waals surface area contributed by atoms with Crippen molar-refractivity contribution in [1.82, 2.24) is 4.90 Å². The van der Waals surface area contributed by atoms with Gasteiger partial charge in [-0.3, -0.25) is 0 Å². The molecule has 60 valence electrons. The predicted octanol–water partition coefficient (Wildman–Crippen LogP) is 1.98. The zero-order valence-corrected chi connectivity index (χ0v) is 7.65. The van der Waals surface area contributed by atoms with Crippen molar-refractivity contribution in [3.63, 3.8) is 0 Å². The van der Waals surface area contributed by atoms with Crippen molar-refractivity contribution in [2.45, 2.75) is 26.7 Å². The fraction of sp³-hybridized carbons (Fsp3) is 1.00. The van der Waals surface area contributed by atoms with Gasteiger partial charge >= 0.3 is 0 Å². The van der Waals surface area contributed by atoms with Gasteiger partial charge in [0.1, 0.15) is 0 Å². The Hall–Kier alpha value is -0.0400. The third-order valence-corrected chi connectivity index (χ3v) is 2.83. The smallest absolute Gasteiger partial charge is 0.000866 e. The highest BCUT2D eigenvalue weighted by molar-refractivity contribution is 4.89. The Balaban J connectivity index is 2.30. The highest BCUT2D eigenvalue weighted by atomic mass is 15.1. The van der Waals surface area contributed by atoms with Gasteiger partial charge in [0.2, 0.25) is 0 Å². The first kappa shape index (κ1) is 8.06. The van der Waals surface area contributed by atoms with E-state index in [4.69, 9.17) is 0 Å². The normalized spacial score (nSPS) is 30.3. The van der Waals surface area contributed by atoms with Crippen molar-refractivity contribution >= 4 is 0 Å². The Labute approximate surface area is 64.4 Å². The van der Waals surface area contributed by atoms with Crippen LogP contribution in [-0.2, 0) is 0 Å². The molecule has 1 nitrogen and oxygen atoms in total. The Morgan fingerprint density at radius 1 is 1.40 bits per heavy atom. The fourth-order valence-electron chi connectivity index (χ4n) is 1.70. The topological polar surface area (TPSA) is 3.24 Å². The van der Waals surface area contributed by atoms with Gasteiger partial charge in [0.15, 0.2) is 0 Å². The van der Waals surface area contributed by atoms with Crippen molar-refractivity contribution < 1.29 is 0 Å². The lowest BCUT2D eigenvalue weighted by atomic mass is 9.62. The van der Waals surface area contributed by atoms with E-state index in [-0.39, 0.29) is 0 Å². The maximum absolute atomic E-state index is 2.38. The highest BCUT2D eigenvalue weighted by Crippen LogP contribution is 2.45. The van der Waals surface area contributed by atoms with E-state index in [0.717, 1.165) is 5.92 Å². The van der Waals surface area contributed by atoms with Crippen LogP contribution in [0.15, 0.2) is 0 Å². The predicted molar refractivity (Wildman–Crippen MR) is 45.1 cm³/mol. The molecule has 0 bridgehead atoms. The third kappa shape index (κ3) is 1.51. The Kier molecular flexibility index (Phi) is 2.04. The summed E-state index contributed by atoms with van der Waals surface area (Å²) < 4.78 is 0. The lowest BCUT2D eigenvalue weighted by Gasteiger charge is -2.45. The van der Waals surface area contributed by atoms with E-state index in [2.05, 4.69) is 32.8 Å². The van der Waals surface area contributed by atoms with Gasteiger partial charge < -0.3 is 4.90 Å². The second-order valence-electron chi connectivity index (χ2n) is 4.49. The van der Waals surface area contributed by atoms with Crippen LogP contribution in [-0.4, -0.2) is 25.5 Å². The first-order chi connectivity index (χ1) is 4.52. The fourth-order valence-corrected chi connectivity index (χ4v) is 1.70. The summed E-state index contributed by atoms with van der Waals surface area (Å²) in [4.78, 5) is 2.30. The molecule has 0 spiro atoms. The van der Waals surface area contributed by atoms with E-state index in [0.29, 0.717) is 5.41 Å². The van der Waals surface area contributed by atoms with E-state index in [1.54, 1.807) is 0 Å². The van der Waals surface area contributed by atoms with Gasteiger partial charge in [-0.05, 0) is 38.3 Å². The Morgan fingerprint density at radius 2 is 2.00 bits per heavy atom. The molecule has 1 atom stereocenters. The van der Waals surface area contributed by atoms with Crippen molar-refractivity contribution in [1.29, 1.82) is 0 Å². The number of hydrogen-bond donors (Lipinski definition) is 0. The molecule has 0 aromatic heterocycles.